The van der Waals surface area contributed by atoms with E-state index in [1.54, 1.807) is 7.05 Å². The van der Waals surface area contributed by atoms with Crippen LogP contribution in [0.5, 0.6) is 0 Å². The second-order valence-corrected chi connectivity index (χ2v) is 7.77. The third-order valence-electron chi connectivity index (χ3n) is 5.57. The summed E-state index contributed by atoms with van der Waals surface area (Å²) in [4.78, 5) is 17.9. The van der Waals surface area contributed by atoms with Crippen LogP contribution in [0.1, 0.15) is 44.1 Å². The fourth-order valence-electron chi connectivity index (χ4n) is 3.89. The molecular formula is C22H36IN5O2. The van der Waals surface area contributed by atoms with Gasteiger partial charge in [-0.25, -0.2) is 0 Å². The summed E-state index contributed by atoms with van der Waals surface area (Å²) in [6.07, 6.45) is 8.12. The lowest BCUT2D eigenvalue weighted by atomic mass is 10.1. The first kappa shape index (κ1) is 24.7. The highest BCUT2D eigenvalue weighted by Crippen LogP contribution is 2.19. The summed E-state index contributed by atoms with van der Waals surface area (Å²) in [5, 5.41) is 9.52. The maximum absolute atomic E-state index is 11.5. The van der Waals surface area contributed by atoms with Gasteiger partial charge in [-0.2, -0.15) is 0 Å². The largest absolute Gasteiger partial charge is 0.376 e. The fourth-order valence-corrected chi connectivity index (χ4v) is 3.89. The van der Waals surface area contributed by atoms with Crippen LogP contribution < -0.4 is 20.9 Å². The molecule has 3 N–H and O–H groups in total. The average molecular weight is 529 g/mol. The molecule has 30 heavy (non-hydrogen) atoms. The molecule has 1 aliphatic heterocycles. The molecule has 0 unspecified atom stereocenters. The number of rotatable bonds is 7. The normalized spacial score (nSPS) is 18.2. The lowest BCUT2D eigenvalue weighted by molar-refractivity contribution is -0.120. The van der Waals surface area contributed by atoms with E-state index in [1.807, 2.05) is 0 Å². The molecule has 0 atom stereocenters. The molecule has 1 heterocycles. The van der Waals surface area contributed by atoms with Gasteiger partial charge in [0.15, 0.2) is 5.96 Å². The minimum absolute atomic E-state index is 0. The number of carbonyl (C=O) groups is 1. The van der Waals surface area contributed by atoms with Crippen molar-refractivity contribution in [3.05, 3.63) is 29.8 Å². The van der Waals surface area contributed by atoms with Crippen molar-refractivity contribution in [3.63, 3.8) is 0 Å². The van der Waals surface area contributed by atoms with Crippen molar-refractivity contribution in [2.45, 2.75) is 51.2 Å². The van der Waals surface area contributed by atoms with Crippen LogP contribution >= 0.6 is 24.0 Å². The van der Waals surface area contributed by atoms with Gasteiger partial charge in [0.05, 0.1) is 19.3 Å². The topological polar surface area (TPSA) is 78.0 Å². The quantitative estimate of drug-likeness (QED) is 0.167. The van der Waals surface area contributed by atoms with Gasteiger partial charge in [-0.15, -0.1) is 24.0 Å². The summed E-state index contributed by atoms with van der Waals surface area (Å²) in [6.45, 7) is 4.15. The molecule has 1 aliphatic carbocycles. The fraction of sp³-hybridized carbons (Fsp3) is 0.636. The Morgan fingerprint density at radius 3 is 2.57 bits per heavy atom. The Morgan fingerprint density at radius 1 is 1.17 bits per heavy atom. The number of nitrogens with zero attached hydrogens (tertiary/aromatic N) is 2. The highest BCUT2D eigenvalue weighted by molar-refractivity contribution is 14.0. The number of hydrogen-bond donors (Lipinski definition) is 3. The van der Waals surface area contributed by atoms with Gasteiger partial charge in [-0.3, -0.25) is 9.79 Å². The number of carbonyl (C=O) groups excluding carboxylic acids is 1. The summed E-state index contributed by atoms with van der Waals surface area (Å²) < 4.78 is 6.02. The van der Waals surface area contributed by atoms with E-state index in [9.17, 15) is 4.79 Å². The average Bonchev–Trinajstić information content (AvgIpc) is 3.02. The smallest absolute Gasteiger partial charge is 0.239 e. The third-order valence-corrected chi connectivity index (χ3v) is 5.57. The van der Waals surface area contributed by atoms with Crippen LogP contribution in [-0.4, -0.2) is 57.8 Å². The first-order chi connectivity index (χ1) is 14.2. The molecule has 0 bridgehead atoms. The zero-order valence-electron chi connectivity index (χ0n) is 18.0. The van der Waals surface area contributed by atoms with Crippen LogP contribution in [0, 0.1) is 0 Å². The Bertz CT molecular complexity index is 660. The lowest BCUT2D eigenvalue weighted by Crippen LogP contribution is -2.47. The van der Waals surface area contributed by atoms with E-state index in [-0.39, 0.29) is 29.9 Å². The highest BCUT2D eigenvalue weighted by Gasteiger charge is 2.16. The number of hydrogen-bond acceptors (Lipinski definition) is 4. The van der Waals surface area contributed by atoms with E-state index in [4.69, 9.17) is 4.74 Å². The second-order valence-electron chi connectivity index (χ2n) is 7.77. The molecule has 0 aromatic heterocycles. The van der Waals surface area contributed by atoms with Crippen molar-refractivity contribution < 1.29 is 9.53 Å². The zero-order valence-corrected chi connectivity index (χ0v) is 20.3. The molecule has 1 saturated carbocycles. The number of amides is 1. The highest BCUT2D eigenvalue weighted by atomic mass is 127. The molecule has 1 amide bonds. The Labute approximate surface area is 197 Å². The van der Waals surface area contributed by atoms with E-state index in [2.05, 4.69) is 50.1 Å². The van der Waals surface area contributed by atoms with Crippen LogP contribution in [-0.2, 0) is 16.1 Å². The molecule has 7 nitrogen and oxygen atoms in total. The lowest BCUT2D eigenvalue weighted by Gasteiger charge is -2.28. The van der Waals surface area contributed by atoms with Crippen LogP contribution in [0.2, 0.25) is 0 Å². The minimum Gasteiger partial charge on any atom is -0.376 e. The van der Waals surface area contributed by atoms with Crippen molar-refractivity contribution >= 4 is 41.5 Å². The summed E-state index contributed by atoms with van der Waals surface area (Å²) in [5.41, 5.74) is 2.26. The van der Waals surface area contributed by atoms with Crippen LogP contribution in [0.15, 0.2) is 29.3 Å². The molecule has 1 aromatic carbocycles. The summed E-state index contributed by atoms with van der Waals surface area (Å²) in [7, 11) is 1.78. The Balaban J connectivity index is 0.00000320. The van der Waals surface area contributed by atoms with Gasteiger partial charge in [-0.1, -0.05) is 37.8 Å². The van der Waals surface area contributed by atoms with Crippen LogP contribution in [0.3, 0.4) is 0 Å². The summed E-state index contributed by atoms with van der Waals surface area (Å²) in [5.74, 6) is 0.867. The third kappa shape index (κ3) is 8.29. The standard InChI is InChI=1S/C22H35N5O2.HI/c1-23-22(25-13-15-29-20-6-4-2-3-5-7-20)26-16-18-8-10-19(11-9-18)27-14-12-24-21(28)17-27;/h8-11,20H,2-7,12-17H2,1H3,(H,24,28)(H2,23,25,26);1H. The monoisotopic (exact) mass is 529 g/mol. The Hall–Kier alpha value is -1.55. The molecule has 1 saturated heterocycles. The molecule has 2 aliphatic rings. The number of ether oxygens (including phenoxy) is 1. The number of piperazine rings is 1. The molecule has 3 rings (SSSR count). The SMILES string of the molecule is CN=C(NCCOC1CCCCCC1)NCc1ccc(N2CCNC(=O)C2)cc1.I. The molecule has 1 aromatic rings. The Kier molecular flexibility index (Phi) is 11.3. The van der Waals surface area contributed by atoms with E-state index in [0.29, 0.717) is 32.3 Å². The first-order valence-electron chi connectivity index (χ1n) is 10.9. The van der Waals surface area contributed by atoms with Gasteiger partial charge in [0, 0.05) is 38.9 Å². The minimum atomic E-state index is 0. The maximum Gasteiger partial charge on any atom is 0.239 e. The van der Waals surface area contributed by atoms with Gasteiger partial charge in [-0.05, 0) is 30.5 Å². The first-order valence-corrected chi connectivity index (χ1v) is 10.9. The van der Waals surface area contributed by atoms with Gasteiger partial charge in [0.25, 0.3) is 0 Å². The van der Waals surface area contributed by atoms with E-state index in [0.717, 1.165) is 24.7 Å². The van der Waals surface area contributed by atoms with Gasteiger partial charge < -0.3 is 25.6 Å². The van der Waals surface area contributed by atoms with Crippen LogP contribution in [0.4, 0.5) is 5.69 Å². The molecule has 168 valence electrons. The van der Waals surface area contributed by atoms with Crippen molar-refractivity contribution in [2.75, 3.05) is 44.7 Å². The van der Waals surface area contributed by atoms with E-state index >= 15 is 0 Å². The van der Waals surface area contributed by atoms with Gasteiger partial charge >= 0.3 is 0 Å². The van der Waals surface area contributed by atoms with Gasteiger partial charge in [0.2, 0.25) is 5.91 Å². The number of guanidine groups is 1. The predicted octanol–water partition coefficient (Wildman–Crippen LogP) is 2.65. The van der Waals surface area contributed by atoms with E-state index < -0.39 is 0 Å². The van der Waals surface area contributed by atoms with Crippen molar-refractivity contribution in [3.8, 4) is 0 Å². The second kappa shape index (κ2) is 13.7. The summed E-state index contributed by atoms with van der Waals surface area (Å²) in [6, 6.07) is 8.34. The van der Waals surface area contributed by atoms with E-state index in [1.165, 1.54) is 44.1 Å². The maximum atomic E-state index is 11.5. The van der Waals surface area contributed by atoms with Crippen molar-refractivity contribution in [2.24, 2.45) is 4.99 Å². The summed E-state index contributed by atoms with van der Waals surface area (Å²) >= 11 is 0. The Morgan fingerprint density at radius 2 is 1.90 bits per heavy atom. The number of halogens is 1. The molecule has 8 heteroatoms. The van der Waals surface area contributed by atoms with Crippen LogP contribution in [0.25, 0.3) is 0 Å². The molecular weight excluding hydrogens is 493 g/mol. The van der Waals surface area contributed by atoms with Crippen molar-refractivity contribution in [1.82, 2.24) is 16.0 Å². The predicted molar refractivity (Wildman–Crippen MR) is 133 cm³/mol. The van der Waals surface area contributed by atoms with Gasteiger partial charge in [0.1, 0.15) is 0 Å². The number of benzene rings is 1. The number of anilines is 1. The molecule has 2 fully saturated rings. The zero-order chi connectivity index (χ0) is 20.3. The number of nitrogens with one attached hydrogen (secondary N) is 3. The molecule has 0 spiro atoms. The number of aliphatic imine (C=N–C) groups is 1. The molecule has 0 radical (unpaired) electrons. The van der Waals surface area contributed by atoms with Crippen molar-refractivity contribution in [1.29, 1.82) is 0 Å².